The molecule has 3 rings (SSSR count). The van der Waals surface area contributed by atoms with Crippen molar-refractivity contribution in [1.82, 2.24) is 18.7 Å². The van der Waals surface area contributed by atoms with Crippen LogP contribution in [0.15, 0.2) is 27.8 Å². The molecule has 0 bridgehead atoms. The second-order valence-corrected chi connectivity index (χ2v) is 5.89. The number of fused-ring (bicyclic) bond motifs is 1. The van der Waals surface area contributed by atoms with E-state index in [9.17, 15) is 14.0 Å². The molecule has 0 unspecified atom stereocenters. The van der Waals surface area contributed by atoms with Gasteiger partial charge in [-0.2, -0.15) is 0 Å². The molecule has 8 heteroatoms. The number of imidazole rings is 1. The van der Waals surface area contributed by atoms with E-state index in [0.717, 1.165) is 4.57 Å². The normalized spacial score (nSPS) is 10.4. The van der Waals surface area contributed by atoms with E-state index in [2.05, 4.69) is 22.7 Å². The van der Waals surface area contributed by atoms with Crippen LogP contribution < -0.4 is 16.0 Å². The van der Waals surface area contributed by atoms with E-state index in [1.165, 1.54) is 34.4 Å². The standard InChI is InChI=1S/C20H17FN4O3/c1-5-11-25-19(26)17-18(24(6-2)20(25)27)22-16(23(17)3)10-8-13-7-9-14(21)15(12-13)28-4/h1,7,9,12H,6,11H2,2-4H3. The van der Waals surface area contributed by atoms with Crippen LogP contribution in [0.4, 0.5) is 4.39 Å². The fraction of sp³-hybridized carbons (Fsp3) is 0.250. The van der Waals surface area contributed by atoms with Gasteiger partial charge in [-0.25, -0.2) is 18.7 Å². The SMILES string of the molecule is C#CCn1c(=O)c2c(nc(C#Cc3ccc(F)c(OC)c3)n2C)n(CC)c1=O. The van der Waals surface area contributed by atoms with Crippen molar-refractivity contribution in [3.63, 3.8) is 0 Å². The number of aryl methyl sites for hydroxylation is 2. The number of hydrogen-bond donors (Lipinski definition) is 0. The third-order valence-electron chi connectivity index (χ3n) is 4.28. The Bertz CT molecular complexity index is 1300. The summed E-state index contributed by atoms with van der Waals surface area (Å²) in [4.78, 5) is 29.6. The first kappa shape index (κ1) is 19.0. The predicted octanol–water partition coefficient (Wildman–Crippen LogP) is 1.10. The fourth-order valence-electron chi connectivity index (χ4n) is 2.86. The van der Waals surface area contributed by atoms with Gasteiger partial charge in [-0.05, 0) is 31.0 Å². The molecule has 3 aromatic rings. The molecule has 2 heterocycles. The summed E-state index contributed by atoms with van der Waals surface area (Å²) >= 11 is 0. The number of hydrogen-bond acceptors (Lipinski definition) is 4. The van der Waals surface area contributed by atoms with Gasteiger partial charge in [0.05, 0.1) is 13.7 Å². The topological polar surface area (TPSA) is 71.1 Å². The number of methoxy groups -OCH3 is 1. The van der Waals surface area contributed by atoms with Crippen molar-refractivity contribution in [1.29, 1.82) is 0 Å². The number of ether oxygens (including phenoxy) is 1. The molecule has 142 valence electrons. The zero-order valence-electron chi connectivity index (χ0n) is 15.6. The molecule has 0 fully saturated rings. The minimum absolute atomic E-state index is 0.0776. The molecule has 0 aliphatic heterocycles. The van der Waals surface area contributed by atoms with E-state index in [4.69, 9.17) is 11.2 Å². The number of halogens is 1. The van der Waals surface area contributed by atoms with Crippen molar-refractivity contribution in [2.45, 2.75) is 20.0 Å². The number of nitrogens with zero attached hydrogens (tertiary/aromatic N) is 4. The van der Waals surface area contributed by atoms with E-state index < -0.39 is 17.1 Å². The average molecular weight is 380 g/mol. The van der Waals surface area contributed by atoms with E-state index in [0.29, 0.717) is 12.1 Å². The highest BCUT2D eigenvalue weighted by molar-refractivity contribution is 5.72. The minimum atomic E-state index is -0.519. The summed E-state index contributed by atoms with van der Waals surface area (Å²) in [6.07, 6.45) is 5.28. The van der Waals surface area contributed by atoms with Crippen LogP contribution in [0.5, 0.6) is 5.75 Å². The maximum Gasteiger partial charge on any atom is 0.333 e. The average Bonchev–Trinajstić information content (AvgIpc) is 3.01. The van der Waals surface area contributed by atoms with Crippen molar-refractivity contribution < 1.29 is 9.13 Å². The van der Waals surface area contributed by atoms with Gasteiger partial charge < -0.3 is 9.30 Å². The van der Waals surface area contributed by atoms with Gasteiger partial charge in [-0.15, -0.1) is 6.42 Å². The molecule has 0 saturated heterocycles. The van der Waals surface area contributed by atoms with Crippen molar-refractivity contribution in [2.24, 2.45) is 7.05 Å². The summed E-state index contributed by atoms with van der Waals surface area (Å²) in [6.45, 7) is 1.96. The predicted molar refractivity (Wildman–Crippen MR) is 103 cm³/mol. The molecule has 0 amide bonds. The Morgan fingerprint density at radius 1 is 1.25 bits per heavy atom. The van der Waals surface area contributed by atoms with E-state index in [-0.39, 0.29) is 29.3 Å². The van der Waals surface area contributed by atoms with Gasteiger partial charge in [-0.3, -0.25) is 9.36 Å². The summed E-state index contributed by atoms with van der Waals surface area (Å²) in [5.41, 5.74) is -0.0390. The smallest absolute Gasteiger partial charge is 0.333 e. The summed E-state index contributed by atoms with van der Waals surface area (Å²) in [5, 5.41) is 0. The lowest BCUT2D eigenvalue weighted by molar-refractivity contribution is 0.386. The van der Waals surface area contributed by atoms with Crippen LogP contribution in [0.25, 0.3) is 11.2 Å². The fourth-order valence-corrected chi connectivity index (χ4v) is 2.86. The first-order chi connectivity index (χ1) is 13.4. The summed E-state index contributed by atoms with van der Waals surface area (Å²) < 4.78 is 22.4. The molecule has 28 heavy (non-hydrogen) atoms. The van der Waals surface area contributed by atoms with Gasteiger partial charge in [0.2, 0.25) is 0 Å². The number of rotatable bonds is 3. The molecule has 1 aromatic carbocycles. The van der Waals surface area contributed by atoms with Crippen LogP contribution in [0.1, 0.15) is 18.3 Å². The molecule has 0 radical (unpaired) electrons. The Hall–Kier alpha value is -3.78. The molecule has 0 N–H and O–H groups in total. The lowest BCUT2D eigenvalue weighted by Crippen LogP contribution is -2.40. The molecule has 0 atom stereocenters. The third-order valence-corrected chi connectivity index (χ3v) is 4.28. The van der Waals surface area contributed by atoms with Crippen molar-refractivity contribution in [3.8, 4) is 29.9 Å². The zero-order chi connectivity index (χ0) is 20.4. The maximum absolute atomic E-state index is 13.5. The monoisotopic (exact) mass is 380 g/mol. The number of aromatic nitrogens is 4. The Balaban J connectivity index is 2.22. The highest BCUT2D eigenvalue weighted by Gasteiger charge is 2.18. The van der Waals surface area contributed by atoms with Crippen molar-refractivity contribution in [3.05, 3.63) is 56.2 Å². The van der Waals surface area contributed by atoms with Crippen LogP contribution in [0.3, 0.4) is 0 Å². The molecular weight excluding hydrogens is 363 g/mol. The quantitative estimate of drug-likeness (QED) is 0.638. The molecule has 0 aliphatic rings. The van der Waals surface area contributed by atoms with Crippen LogP contribution in [-0.2, 0) is 20.1 Å². The Labute approximate surface area is 160 Å². The van der Waals surface area contributed by atoms with Crippen LogP contribution in [0.2, 0.25) is 0 Å². The number of benzene rings is 1. The molecule has 0 spiro atoms. The van der Waals surface area contributed by atoms with E-state index >= 15 is 0 Å². The first-order valence-corrected chi connectivity index (χ1v) is 8.42. The largest absolute Gasteiger partial charge is 0.494 e. The lowest BCUT2D eigenvalue weighted by Gasteiger charge is -2.07. The van der Waals surface area contributed by atoms with Crippen LogP contribution >= 0.6 is 0 Å². The molecule has 0 saturated carbocycles. The minimum Gasteiger partial charge on any atom is -0.494 e. The van der Waals surface area contributed by atoms with E-state index in [1.807, 2.05) is 0 Å². The molecule has 0 aliphatic carbocycles. The van der Waals surface area contributed by atoms with Gasteiger partial charge in [0.15, 0.2) is 28.6 Å². The van der Waals surface area contributed by atoms with Crippen molar-refractivity contribution >= 4 is 11.2 Å². The molecule has 7 nitrogen and oxygen atoms in total. The zero-order valence-corrected chi connectivity index (χ0v) is 15.6. The molecule has 2 aromatic heterocycles. The van der Waals surface area contributed by atoms with Gasteiger partial charge in [0, 0.05) is 19.2 Å². The van der Waals surface area contributed by atoms with Crippen LogP contribution in [-0.4, -0.2) is 25.8 Å². The van der Waals surface area contributed by atoms with Gasteiger partial charge in [0.1, 0.15) is 0 Å². The maximum atomic E-state index is 13.5. The van der Waals surface area contributed by atoms with E-state index in [1.54, 1.807) is 14.0 Å². The second kappa shape index (κ2) is 7.45. The molecular formula is C20H17FN4O3. The van der Waals surface area contributed by atoms with Gasteiger partial charge in [0.25, 0.3) is 5.56 Å². The van der Waals surface area contributed by atoms with Crippen molar-refractivity contribution in [2.75, 3.05) is 7.11 Å². The summed E-state index contributed by atoms with van der Waals surface area (Å²) in [6, 6.07) is 4.23. The lowest BCUT2D eigenvalue weighted by atomic mass is 10.2. The first-order valence-electron chi connectivity index (χ1n) is 8.42. The second-order valence-electron chi connectivity index (χ2n) is 5.89. The summed E-state index contributed by atoms with van der Waals surface area (Å²) in [5.74, 6) is 7.92. The Morgan fingerprint density at radius 2 is 2.00 bits per heavy atom. The highest BCUT2D eigenvalue weighted by atomic mass is 19.1. The van der Waals surface area contributed by atoms with Gasteiger partial charge >= 0.3 is 5.69 Å². The Kier molecular flexibility index (Phi) is 5.06. The Morgan fingerprint density at radius 3 is 2.64 bits per heavy atom. The highest BCUT2D eigenvalue weighted by Crippen LogP contribution is 2.17. The third kappa shape index (κ3) is 3.06. The van der Waals surface area contributed by atoms with Crippen LogP contribution in [0, 0.1) is 30.0 Å². The van der Waals surface area contributed by atoms with Gasteiger partial charge in [-0.1, -0.05) is 11.8 Å². The number of terminal acetylenes is 1. The summed E-state index contributed by atoms with van der Waals surface area (Å²) in [7, 11) is 3.00.